The fraction of sp³-hybridized carbons (Fsp3) is 0.357. The molecule has 1 fully saturated rings. The first-order valence-electron chi connectivity index (χ1n) is 6.49. The third-order valence-corrected chi connectivity index (χ3v) is 3.45. The Labute approximate surface area is 122 Å². The van der Waals surface area contributed by atoms with Crippen LogP contribution in [-0.4, -0.2) is 42.8 Å². The lowest BCUT2D eigenvalue weighted by Crippen LogP contribution is -2.52. The maximum atomic E-state index is 12.1. The number of benzene rings is 1. The predicted molar refractivity (Wildman–Crippen MR) is 75.7 cm³/mol. The fourth-order valence-corrected chi connectivity index (χ4v) is 2.17. The van der Waals surface area contributed by atoms with Crippen molar-refractivity contribution in [2.24, 2.45) is 0 Å². The Bertz CT molecular complexity index is 600. The highest BCUT2D eigenvalue weighted by atomic mass is 16.5. The molecule has 7 heteroatoms. The molecule has 1 atom stereocenters. The first-order chi connectivity index (χ1) is 9.93. The van der Waals surface area contributed by atoms with Crippen LogP contribution in [0.25, 0.3) is 0 Å². The average molecular weight is 291 g/mol. The minimum atomic E-state index is -0.691. The second kappa shape index (κ2) is 5.82. The van der Waals surface area contributed by atoms with E-state index in [0.29, 0.717) is 23.4 Å². The minimum Gasteiger partial charge on any atom is -0.495 e. The summed E-state index contributed by atoms with van der Waals surface area (Å²) in [6, 6.07) is 3.94. The van der Waals surface area contributed by atoms with Gasteiger partial charge in [0.15, 0.2) is 0 Å². The van der Waals surface area contributed by atoms with E-state index in [1.54, 1.807) is 12.1 Å². The van der Waals surface area contributed by atoms with E-state index in [-0.39, 0.29) is 12.3 Å². The zero-order chi connectivity index (χ0) is 15.6. The van der Waals surface area contributed by atoms with Crippen molar-refractivity contribution in [1.29, 1.82) is 0 Å². The van der Waals surface area contributed by atoms with Gasteiger partial charge in [0.05, 0.1) is 12.8 Å². The highest BCUT2D eigenvalue weighted by Gasteiger charge is 2.32. The molecule has 1 heterocycles. The van der Waals surface area contributed by atoms with Crippen LogP contribution < -0.4 is 15.8 Å². The number of hydrogen-bond acceptors (Lipinski definition) is 5. The Morgan fingerprint density at radius 2 is 2.14 bits per heavy atom. The molecule has 1 unspecified atom stereocenters. The number of anilines is 1. The minimum absolute atomic E-state index is 0.234. The van der Waals surface area contributed by atoms with Crippen molar-refractivity contribution in [3.8, 4) is 5.75 Å². The standard InChI is InChI=1S/C14H17N3O4/c1-17-12(18)6-4-10(14(17)20)16-13(19)8-3-5-11(21-2)9(15)7-8/h3,5,7,10H,4,6,15H2,1-2H3,(H,16,19). The first kappa shape index (κ1) is 14.8. The average Bonchev–Trinajstić information content (AvgIpc) is 2.47. The summed E-state index contributed by atoms with van der Waals surface area (Å²) >= 11 is 0. The topological polar surface area (TPSA) is 102 Å². The number of ether oxygens (including phenoxy) is 1. The van der Waals surface area contributed by atoms with Gasteiger partial charge in [0.25, 0.3) is 11.8 Å². The fourth-order valence-electron chi connectivity index (χ4n) is 2.17. The van der Waals surface area contributed by atoms with E-state index in [4.69, 9.17) is 10.5 Å². The van der Waals surface area contributed by atoms with Crippen LogP contribution in [0.2, 0.25) is 0 Å². The van der Waals surface area contributed by atoms with Crippen molar-refractivity contribution in [2.75, 3.05) is 19.9 Å². The number of amides is 3. The number of rotatable bonds is 3. The second-order valence-corrected chi connectivity index (χ2v) is 4.81. The van der Waals surface area contributed by atoms with E-state index in [2.05, 4.69) is 5.32 Å². The van der Waals surface area contributed by atoms with Gasteiger partial charge in [-0.1, -0.05) is 0 Å². The third-order valence-electron chi connectivity index (χ3n) is 3.45. The molecule has 0 saturated carbocycles. The first-order valence-corrected chi connectivity index (χ1v) is 6.49. The summed E-state index contributed by atoms with van der Waals surface area (Å²) in [5.74, 6) is -0.573. The summed E-state index contributed by atoms with van der Waals surface area (Å²) in [4.78, 5) is 36.5. The monoisotopic (exact) mass is 291 g/mol. The number of piperidine rings is 1. The van der Waals surface area contributed by atoms with E-state index in [9.17, 15) is 14.4 Å². The number of nitrogens with zero attached hydrogens (tertiary/aromatic N) is 1. The lowest BCUT2D eigenvalue weighted by molar-refractivity contribution is -0.147. The summed E-state index contributed by atoms with van der Waals surface area (Å²) in [6.45, 7) is 0. The summed E-state index contributed by atoms with van der Waals surface area (Å²) in [5.41, 5.74) is 6.42. The number of carbonyl (C=O) groups is 3. The number of nitrogens with two attached hydrogens (primary N) is 1. The Balaban J connectivity index is 2.09. The summed E-state index contributed by atoms with van der Waals surface area (Å²) in [6.07, 6.45) is 0.539. The number of carbonyl (C=O) groups excluding carboxylic acids is 3. The molecule has 21 heavy (non-hydrogen) atoms. The van der Waals surface area contributed by atoms with Gasteiger partial charge in [-0.15, -0.1) is 0 Å². The molecule has 7 nitrogen and oxygen atoms in total. The van der Waals surface area contributed by atoms with Gasteiger partial charge in [0.1, 0.15) is 11.8 Å². The molecule has 0 aliphatic carbocycles. The number of likely N-dealkylation sites (N-methyl/N-ethyl adjacent to an activating group) is 1. The molecule has 0 bridgehead atoms. The smallest absolute Gasteiger partial charge is 0.252 e. The van der Waals surface area contributed by atoms with Crippen molar-refractivity contribution >= 4 is 23.4 Å². The molecule has 112 valence electrons. The normalized spacial score (nSPS) is 18.6. The van der Waals surface area contributed by atoms with Gasteiger partial charge in [-0.2, -0.15) is 0 Å². The van der Waals surface area contributed by atoms with Crippen LogP contribution in [0.3, 0.4) is 0 Å². The molecular formula is C14H17N3O4. The van der Waals surface area contributed by atoms with Gasteiger partial charge in [-0.25, -0.2) is 0 Å². The Morgan fingerprint density at radius 3 is 2.76 bits per heavy atom. The van der Waals surface area contributed by atoms with Gasteiger partial charge in [-0.3, -0.25) is 19.3 Å². The van der Waals surface area contributed by atoms with Gasteiger partial charge in [0, 0.05) is 19.0 Å². The van der Waals surface area contributed by atoms with Crippen molar-refractivity contribution in [3.05, 3.63) is 23.8 Å². The van der Waals surface area contributed by atoms with Crippen molar-refractivity contribution in [1.82, 2.24) is 10.2 Å². The van der Waals surface area contributed by atoms with Crippen molar-refractivity contribution in [3.63, 3.8) is 0 Å². The van der Waals surface area contributed by atoms with Gasteiger partial charge >= 0.3 is 0 Å². The van der Waals surface area contributed by atoms with Gasteiger partial charge < -0.3 is 15.8 Å². The largest absolute Gasteiger partial charge is 0.495 e. The lowest BCUT2D eigenvalue weighted by Gasteiger charge is -2.28. The number of likely N-dealkylation sites (tertiary alicyclic amines) is 1. The molecule has 1 aliphatic heterocycles. The van der Waals surface area contributed by atoms with E-state index in [1.165, 1.54) is 20.2 Å². The molecule has 0 radical (unpaired) electrons. The SMILES string of the molecule is COc1ccc(C(=O)NC2CCC(=O)N(C)C2=O)cc1N. The molecule has 3 amide bonds. The van der Waals surface area contributed by atoms with Crippen molar-refractivity contribution in [2.45, 2.75) is 18.9 Å². The zero-order valence-electron chi connectivity index (χ0n) is 11.9. The van der Waals surface area contributed by atoms with Crippen LogP contribution in [0.1, 0.15) is 23.2 Å². The molecule has 1 aromatic rings. The van der Waals surface area contributed by atoms with Crippen LogP contribution in [-0.2, 0) is 9.59 Å². The molecule has 1 saturated heterocycles. The highest BCUT2D eigenvalue weighted by Crippen LogP contribution is 2.22. The molecule has 0 aromatic heterocycles. The number of methoxy groups -OCH3 is 1. The number of nitrogen functional groups attached to an aromatic ring is 1. The molecule has 3 N–H and O–H groups in total. The van der Waals surface area contributed by atoms with Crippen molar-refractivity contribution < 1.29 is 19.1 Å². The van der Waals surface area contributed by atoms with E-state index in [0.717, 1.165) is 4.90 Å². The molecular weight excluding hydrogens is 274 g/mol. The van der Waals surface area contributed by atoms with Crippen LogP contribution in [0, 0.1) is 0 Å². The maximum Gasteiger partial charge on any atom is 0.252 e. The quantitative estimate of drug-likeness (QED) is 0.610. The maximum absolute atomic E-state index is 12.1. The van der Waals surface area contributed by atoms with E-state index < -0.39 is 17.9 Å². The second-order valence-electron chi connectivity index (χ2n) is 4.81. The Kier molecular flexibility index (Phi) is 4.11. The molecule has 0 spiro atoms. The number of imide groups is 1. The van der Waals surface area contributed by atoms with E-state index >= 15 is 0 Å². The Hall–Kier alpha value is -2.57. The summed E-state index contributed by atoms with van der Waals surface area (Å²) in [5, 5.41) is 2.62. The Morgan fingerprint density at radius 1 is 1.43 bits per heavy atom. The number of nitrogens with one attached hydrogen (secondary N) is 1. The summed E-state index contributed by atoms with van der Waals surface area (Å²) in [7, 11) is 2.90. The lowest BCUT2D eigenvalue weighted by atomic mass is 10.0. The van der Waals surface area contributed by atoms with E-state index in [1.807, 2.05) is 0 Å². The zero-order valence-corrected chi connectivity index (χ0v) is 11.9. The van der Waals surface area contributed by atoms with Gasteiger partial charge in [-0.05, 0) is 24.6 Å². The molecule has 1 aliphatic rings. The molecule has 2 rings (SSSR count). The highest BCUT2D eigenvalue weighted by molar-refractivity contribution is 6.03. The van der Waals surface area contributed by atoms with Crippen LogP contribution in [0.4, 0.5) is 5.69 Å². The van der Waals surface area contributed by atoms with Crippen LogP contribution >= 0.6 is 0 Å². The predicted octanol–water partition coefficient (Wildman–Crippen LogP) is 0.155. The third kappa shape index (κ3) is 2.96. The van der Waals surface area contributed by atoms with Gasteiger partial charge in [0.2, 0.25) is 5.91 Å². The van der Waals surface area contributed by atoms with Crippen LogP contribution in [0.5, 0.6) is 5.75 Å². The van der Waals surface area contributed by atoms with Crippen LogP contribution in [0.15, 0.2) is 18.2 Å². The number of hydrogen-bond donors (Lipinski definition) is 2. The molecule has 1 aromatic carbocycles. The summed E-state index contributed by atoms with van der Waals surface area (Å²) < 4.78 is 5.02.